The maximum atomic E-state index is 2.49. The van der Waals surface area contributed by atoms with Gasteiger partial charge in [-0.05, 0) is 24.2 Å². The third-order valence-corrected chi connectivity index (χ3v) is 4.65. The highest BCUT2D eigenvalue weighted by atomic mass is 14.3. The Labute approximate surface area is 89.5 Å². The first-order chi connectivity index (χ1) is 6.86. The summed E-state index contributed by atoms with van der Waals surface area (Å²) in [6.45, 7) is 2.49. The second-order valence-corrected chi connectivity index (χ2v) is 5.76. The fourth-order valence-electron chi connectivity index (χ4n) is 3.59. The number of rotatable bonds is 2. The molecule has 0 nitrogen and oxygen atoms in total. The zero-order chi connectivity index (χ0) is 9.80. The summed E-state index contributed by atoms with van der Waals surface area (Å²) < 4.78 is 0. The normalized spacial score (nSPS) is 35.8. The number of hydrogen-bond donors (Lipinski definition) is 0. The molecule has 2 atom stereocenters. The molecule has 14 heavy (non-hydrogen) atoms. The van der Waals surface area contributed by atoms with Gasteiger partial charge in [0.25, 0.3) is 0 Å². The van der Waals surface area contributed by atoms with E-state index in [0.717, 1.165) is 17.8 Å². The summed E-state index contributed by atoms with van der Waals surface area (Å²) >= 11 is 0. The molecular formula is C14H26. The van der Waals surface area contributed by atoms with Gasteiger partial charge < -0.3 is 0 Å². The van der Waals surface area contributed by atoms with Crippen molar-refractivity contribution in [1.82, 2.24) is 0 Å². The Bertz CT molecular complexity index is 155. The van der Waals surface area contributed by atoms with E-state index in [4.69, 9.17) is 0 Å². The zero-order valence-corrected chi connectivity index (χ0v) is 9.80. The van der Waals surface area contributed by atoms with Gasteiger partial charge >= 0.3 is 0 Å². The molecule has 2 aliphatic carbocycles. The molecule has 2 saturated carbocycles. The summed E-state index contributed by atoms with van der Waals surface area (Å²) in [5, 5.41) is 0. The van der Waals surface area contributed by atoms with Crippen molar-refractivity contribution in [2.24, 2.45) is 17.8 Å². The molecule has 0 spiro atoms. The van der Waals surface area contributed by atoms with Crippen LogP contribution in [-0.4, -0.2) is 0 Å². The van der Waals surface area contributed by atoms with Gasteiger partial charge in [0.15, 0.2) is 0 Å². The van der Waals surface area contributed by atoms with Gasteiger partial charge in [-0.15, -0.1) is 0 Å². The van der Waals surface area contributed by atoms with Gasteiger partial charge in [0.05, 0.1) is 0 Å². The molecule has 0 aliphatic heterocycles. The minimum atomic E-state index is 1.03. The molecule has 2 rings (SSSR count). The van der Waals surface area contributed by atoms with E-state index in [1.54, 1.807) is 19.3 Å². The highest BCUT2D eigenvalue weighted by Gasteiger charge is 2.25. The molecule has 0 aromatic carbocycles. The molecule has 0 unspecified atom stereocenters. The standard InChI is InChI=1S/C14H26/c1-12-7-5-6-10-14(12)11-13-8-3-2-4-9-13/h12-14H,2-11H2,1H3/t12-,14+/m0/s1. The summed E-state index contributed by atoms with van der Waals surface area (Å²) in [4.78, 5) is 0. The van der Waals surface area contributed by atoms with Crippen LogP contribution < -0.4 is 0 Å². The predicted octanol–water partition coefficient (Wildman–Crippen LogP) is 4.78. The maximum Gasteiger partial charge on any atom is -0.0386 e. The van der Waals surface area contributed by atoms with Crippen LogP contribution in [0.3, 0.4) is 0 Å². The molecule has 82 valence electrons. The van der Waals surface area contributed by atoms with Gasteiger partial charge in [0.2, 0.25) is 0 Å². The van der Waals surface area contributed by atoms with E-state index >= 15 is 0 Å². The zero-order valence-electron chi connectivity index (χ0n) is 9.80. The topological polar surface area (TPSA) is 0 Å². The Balaban J connectivity index is 1.76. The maximum absolute atomic E-state index is 2.49. The van der Waals surface area contributed by atoms with Crippen LogP contribution in [0, 0.1) is 17.8 Å². The Morgan fingerprint density at radius 1 is 0.786 bits per heavy atom. The Morgan fingerprint density at radius 2 is 1.43 bits per heavy atom. The first-order valence-corrected chi connectivity index (χ1v) is 6.86. The van der Waals surface area contributed by atoms with Gasteiger partial charge in [0.1, 0.15) is 0 Å². The van der Waals surface area contributed by atoms with E-state index < -0.39 is 0 Å². The predicted molar refractivity (Wildman–Crippen MR) is 62.3 cm³/mol. The summed E-state index contributed by atoms with van der Waals surface area (Å²) in [5.41, 5.74) is 0. The van der Waals surface area contributed by atoms with E-state index in [2.05, 4.69) is 6.92 Å². The van der Waals surface area contributed by atoms with Gasteiger partial charge in [-0.2, -0.15) is 0 Å². The first kappa shape index (κ1) is 10.5. The van der Waals surface area contributed by atoms with Gasteiger partial charge in [0, 0.05) is 0 Å². The Hall–Kier alpha value is 0. The van der Waals surface area contributed by atoms with Gasteiger partial charge in [-0.25, -0.2) is 0 Å². The van der Waals surface area contributed by atoms with Crippen LogP contribution in [0.5, 0.6) is 0 Å². The smallest absolute Gasteiger partial charge is 0.0386 e. The molecule has 0 heteroatoms. The summed E-state index contributed by atoms with van der Waals surface area (Å²) in [7, 11) is 0. The van der Waals surface area contributed by atoms with Gasteiger partial charge in [-0.3, -0.25) is 0 Å². The van der Waals surface area contributed by atoms with Crippen LogP contribution in [0.25, 0.3) is 0 Å². The largest absolute Gasteiger partial charge is 0.0622 e. The summed E-state index contributed by atoms with van der Waals surface area (Å²) in [6.07, 6.45) is 15.3. The van der Waals surface area contributed by atoms with Crippen LogP contribution in [0.1, 0.15) is 71.1 Å². The van der Waals surface area contributed by atoms with Crippen molar-refractivity contribution in [3.8, 4) is 0 Å². The van der Waals surface area contributed by atoms with Crippen molar-refractivity contribution in [1.29, 1.82) is 0 Å². The molecule has 0 aromatic heterocycles. The van der Waals surface area contributed by atoms with Gasteiger partial charge in [-0.1, -0.05) is 64.7 Å². The average Bonchev–Trinajstić information content (AvgIpc) is 2.23. The lowest BCUT2D eigenvalue weighted by Crippen LogP contribution is -2.21. The molecule has 0 N–H and O–H groups in total. The van der Waals surface area contributed by atoms with Crippen LogP contribution >= 0.6 is 0 Å². The highest BCUT2D eigenvalue weighted by Crippen LogP contribution is 2.37. The highest BCUT2D eigenvalue weighted by molar-refractivity contribution is 4.76. The van der Waals surface area contributed by atoms with Crippen LogP contribution in [0.2, 0.25) is 0 Å². The third kappa shape index (κ3) is 2.74. The first-order valence-electron chi connectivity index (χ1n) is 6.86. The lowest BCUT2D eigenvalue weighted by atomic mass is 9.73. The third-order valence-electron chi connectivity index (χ3n) is 4.65. The van der Waals surface area contributed by atoms with Crippen LogP contribution in [0.15, 0.2) is 0 Å². The van der Waals surface area contributed by atoms with E-state index in [9.17, 15) is 0 Å². The molecular weight excluding hydrogens is 168 g/mol. The molecule has 2 aliphatic rings. The van der Waals surface area contributed by atoms with Crippen molar-refractivity contribution >= 4 is 0 Å². The minimum Gasteiger partial charge on any atom is -0.0622 e. The fraction of sp³-hybridized carbons (Fsp3) is 1.00. The molecule has 0 aromatic rings. The second-order valence-electron chi connectivity index (χ2n) is 5.76. The summed E-state index contributed by atoms with van der Waals surface area (Å²) in [5.74, 6) is 3.23. The Morgan fingerprint density at radius 3 is 2.14 bits per heavy atom. The van der Waals surface area contributed by atoms with Crippen molar-refractivity contribution in [3.05, 3.63) is 0 Å². The quantitative estimate of drug-likeness (QED) is 0.593. The molecule has 0 heterocycles. The molecule has 0 amide bonds. The van der Waals surface area contributed by atoms with Crippen molar-refractivity contribution in [2.45, 2.75) is 71.1 Å². The lowest BCUT2D eigenvalue weighted by molar-refractivity contribution is 0.189. The van der Waals surface area contributed by atoms with E-state index in [1.807, 2.05) is 0 Å². The van der Waals surface area contributed by atoms with E-state index in [1.165, 1.54) is 44.9 Å². The van der Waals surface area contributed by atoms with E-state index in [0.29, 0.717) is 0 Å². The fourth-order valence-corrected chi connectivity index (χ4v) is 3.59. The SMILES string of the molecule is C[C@H]1CCCC[C@@H]1CC1CCCCC1. The monoisotopic (exact) mass is 194 g/mol. The molecule has 2 fully saturated rings. The Kier molecular flexibility index (Phi) is 3.89. The molecule has 0 radical (unpaired) electrons. The van der Waals surface area contributed by atoms with Crippen molar-refractivity contribution < 1.29 is 0 Å². The van der Waals surface area contributed by atoms with Crippen LogP contribution in [0.4, 0.5) is 0 Å². The molecule has 0 saturated heterocycles. The van der Waals surface area contributed by atoms with Crippen molar-refractivity contribution in [2.75, 3.05) is 0 Å². The minimum absolute atomic E-state index is 1.03. The molecule has 0 bridgehead atoms. The average molecular weight is 194 g/mol. The van der Waals surface area contributed by atoms with Crippen LogP contribution in [-0.2, 0) is 0 Å². The van der Waals surface area contributed by atoms with E-state index in [-0.39, 0.29) is 0 Å². The number of hydrogen-bond acceptors (Lipinski definition) is 0. The van der Waals surface area contributed by atoms with Crippen molar-refractivity contribution in [3.63, 3.8) is 0 Å². The lowest BCUT2D eigenvalue weighted by Gasteiger charge is -2.33. The second kappa shape index (κ2) is 5.19. The summed E-state index contributed by atoms with van der Waals surface area (Å²) in [6, 6.07) is 0.